The minimum atomic E-state index is 0.506. The van der Waals surface area contributed by atoms with Crippen LogP contribution in [0.2, 0.25) is 0 Å². The molecule has 1 aromatic rings. The highest BCUT2D eigenvalue weighted by Gasteiger charge is 2.03. The lowest BCUT2D eigenvalue weighted by Gasteiger charge is -2.07. The van der Waals surface area contributed by atoms with E-state index < -0.39 is 0 Å². The van der Waals surface area contributed by atoms with Gasteiger partial charge in [0.25, 0.3) is 0 Å². The molecule has 1 aromatic heterocycles. The summed E-state index contributed by atoms with van der Waals surface area (Å²) in [5.41, 5.74) is 0. The van der Waals surface area contributed by atoms with Crippen molar-refractivity contribution in [2.24, 2.45) is 7.05 Å². The van der Waals surface area contributed by atoms with Gasteiger partial charge in [-0.3, -0.25) is 0 Å². The van der Waals surface area contributed by atoms with Gasteiger partial charge in [0.1, 0.15) is 6.33 Å². The molecule has 1 atom stereocenters. The average Bonchev–Trinajstić information content (AvgIpc) is 2.47. The first-order valence-corrected chi connectivity index (χ1v) is 4.86. The number of aryl methyl sites for hydroxylation is 1. The second-order valence-corrected chi connectivity index (χ2v) is 3.71. The van der Waals surface area contributed by atoms with Crippen LogP contribution in [0.1, 0.15) is 6.92 Å². The van der Waals surface area contributed by atoms with Crippen LogP contribution in [0.25, 0.3) is 0 Å². The SMILES string of the molecule is CNC(C)CSc1nncn1C. The summed E-state index contributed by atoms with van der Waals surface area (Å²) in [4.78, 5) is 0. The van der Waals surface area contributed by atoms with E-state index in [0.717, 1.165) is 10.9 Å². The van der Waals surface area contributed by atoms with Crippen LogP contribution >= 0.6 is 11.8 Å². The van der Waals surface area contributed by atoms with Crippen molar-refractivity contribution < 1.29 is 0 Å². The number of thioether (sulfide) groups is 1. The Labute approximate surface area is 76.8 Å². The van der Waals surface area contributed by atoms with Crippen LogP contribution in [0.4, 0.5) is 0 Å². The standard InChI is InChI=1S/C7H14N4S/c1-6(8-2)4-12-7-10-9-5-11(7)3/h5-6,8H,4H2,1-3H3. The van der Waals surface area contributed by atoms with Crippen molar-refractivity contribution in [3.05, 3.63) is 6.33 Å². The van der Waals surface area contributed by atoms with Crippen molar-refractivity contribution >= 4 is 11.8 Å². The maximum Gasteiger partial charge on any atom is 0.190 e. The topological polar surface area (TPSA) is 42.7 Å². The predicted octanol–water partition coefficient (Wildman–Crippen LogP) is 0.515. The Kier molecular flexibility index (Phi) is 3.55. The van der Waals surface area contributed by atoms with E-state index >= 15 is 0 Å². The Bertz CT molecular complexity index is 235. The summed E-state index contributed by atoms with van der Waals surface area (Å²) in [6.45, 7) is 2.14. The van der Waals surface area contributed by atoms with Gasteiger partial charge in [0, 0.05) is 18.8 Å². The summed E-state index contributed by atoms with van der Waals surface area (Å²) in [7, 11) is 3.91. The summed E-state index contributed by atoms with van der Waals surface area (Å²) in [6, 6.07) is 0.506. The normalized spacial score (nSPS) is 13.2. The summed E-state index contributed by atoms with van der Waals surface area (Å²) in [5, 5.41) is 11.9. The third kappa shape index (κ3) is 2.49. The molecule has 0 amide bonds. The molecule has 0 aliphatic heterocycles. The van der Waals surface area contributed by atoms with Crippen LogP contribution in [-0.2, 0) is 7.05 Å². The van der Waals surface area contributed by atoms with Gasteiger partial charge in [-0.25, -0.2) is 0 Å². The highest BCUT2D eigenvalue weighted by atomic mass is 32.2. The van der Waals surface area contributed by atoms with Crippen molar-refractivity contribution in [2.45, 2.75) is 18.1 Å². The molecule has 0 aliphatic rings. The molecule has 1 heterocycles. The third-order valence-electron chi connectivity index (χ3n) is 1.63. The molecule has 0 spiro atoms. The molecule has 0 aromatic carbocycles. The fraction of sp³-hybridized carbons (Fsp3) is 0.714. The van der Waals surface area contributed by atoms with Gasteiger partial charge in [0.05, 0.1) is 0 Å². The van der Waals surface area contributed by atoms with Crippen LogP contribution in [0.5, 0.6) is 0 Å². The molecule has 0 aliphatic carbocycles. The van der Waals surface area contributed by atoms with Crippen LogP contribution in [0.3, 0.4) is 0 Å². The Morgan fingerprint density at radius 1 is 1.75 bits per heavy atom. The lowest BCUT2D eigenvalue weighted by atomic mass is 10.4. The van der Waals surface area contributed by atoms with Gasteiger partial charge >= 0.3 is 0 Å². The molecule has 1 N–H and O–H groups in total. The largest absolute Gasteiger partial charge is 0.316 e. The smallest absolute Gasteiger partial charge is 0.190 e. The van der Waals surface area contributed by atoms with E-state index in [1.54, 1.807) is 18.1 Å². The lowest BCUT2D eigenvalue weighted by molar-refractivity contribution is 0.674. The third-order valence-corrected chi connectivity index (χ3v) is 2.92. The molecule has 1 rings (SSSR count). The van der Waals surface area contributed by atoms with Gasteiger partial charge in [0.15, 0.2) is 5.16 Å². The Hall–Kier alpha value is -0.550. The van der Waals surface area contributed by atoms with E-state index in [-0.39, 0.29) is 0 Å². The van der Waals surface area contributed by atoms with E-state index in [1.807, 2.05) is 18.7 Å². The second-order valence-electron chi connectivity index (χ2n) is 2.73. The van der Waals surface area contributed by atoms with Crippen LogP contribution < -0.4 is 5.32 Å². The highest BCUT2D eigenvalue weighted by molar-refractivity contribution is 7.99. The first kappa shape index (κ1) is 9.54. The summed E-state index contributed by atoms with van der Waals surface area (Å²) in [5.74, 6) is 1.02. The van der Waals surface area contributed by atoms with Gasteiger partial charge in [0.2, 0.25) is 0 Å². The number of nitrogens with zero attached hydrogens (tertiary/aromatic N) is 3. The molecule has 12 heavy (non-hydrogen) atoms. The summed E-state index contributed by atoms with van der Waals surface area (Å²) in [6.07, 6.45) is 1.71. The molecule has 0 saturated carbocycles. The Morgan fingerprint density at radius 2 is 2.50 bits per heavy atom. The number of hydrogen-bond donors (Lipinski definition) is 1. The maximum absolute atomic E-state index is 3.97. The number of rotatable bonds is 4. The van der Waals surface area contributed by atoms with E-state index in [2.05, 4.69) is 22.4 Å². The van der Waals surface area contributed by atoms with Crippen molar-refractivity contribution in [1.82, 2.24) is 20.1 Å². The van der Waals surface area contributed by atoms with E-state index in [9.17, 15) is 0 Å². The molecule has 5 heteroatoms. The highest BCUT2D eigenvalue weighted by Crippen LogP contribution is 2.13. The maximum atomic E-state index is 3.97. The molecule has 0 fully saturated rings. The second kappa shape index (κ2) is 4.47. The van der Waals surface area contributed by atoms with E-state index in [0.29, 0.717) is 6.04 Å². The van der Waals surface area contributed by atoms with Crippen molar-refractivity contribution in [2.75, 3.05) is 12.8 Å². The number of hydrogen-bond acceptors (Lipinski definition) is 4. The molecule has 0 saturated heterocycles. The van der Waals surface area contributed by atoms with Crippen molar-refractivity contribution in [1.29, 1.82) is 0 Å². The van der Waals surface area contributed by atoms with Crippen molar-refractivity contribution in [3.63, 3.8) is 0 Å². The number of nitrogens with one attached hydrogen (secondary N) is 1. The minimum Gasteiger partial charge on any atom is -0.316 e. The zero-order valence-corrected chi connectivity index (χ0v) is 8.43. The lowest BCUT2D eigenvalue weighted by Crippen LogP contribution is -2.23. The van der Waals surface area contributed by atoms with Gasteiger partial charge in [-0.05, 0) is 14.0 Å². The molecular formula is C7H14N4S. The monoisotopic (exact) mass is 186 g/mol. The first-order chi connectivity index (χ1) is 5.74. The van der Waals surface area contributed by atoms with Gasteiger partial charge in [-0.1, -0.05) is 11.8 Å². The first-order valence-electron chi connectivity index (χ1n) is 3.88. The molecule has 4 nitrogen and oxygen atoms in total. The van der Waals surface area contributed by atoms with Crippen molar-refractivity contribution in [3.8, 4) is 0 Å². The van der Waals surface area contributed by atoms with Gasteiger partial charge in [-0.2, -0.15) is 0 Å². The fourth-order valence-electron chi connectivity index (χ4n) is 0.686. The molecule has 0 bridgehead atoms. The summed E-state index contributed by atoms with van der Waals surface area (Å²) < 4.78 is 1.92. The van der Waals surface area contributed by atoms with E-state index in [4.69, 9.17) is 0 Å². The van der Waals surface area contributed by atoms with Gasteiger partial charge in [-0.15, -0.1) is 10.2 Å². The zero-order valence-electron chi connectivity index (χ0n) is 7.61. The fourth-order valence-corrected chi connectivity index (χ4v) is 1.61. The molecular weight excluding hydrogens is 172 g/mol. The molecule has 68 valence electrons. The zero-order chi connectivity index (χ0) is 8.97. The summed E-state index contributed by atoms with van der Waals surface area (Å²) >= 11 is 1.71. The predicted molar refractivity (Wildman–Crippen MR) is 50.2 cm³/mol. The molecule has 0 radical (unpaired) electrons. The Balaban J connectivity index is 2.38. The quantitative estimate of drug-likeness (QED) is 0.696. The van der Waals surface area contributed by atoms with Crippen LogP contribution in [0.15, 0.2) is 11.5 Å². The van der Waals surface area contributed by atoms with Crippen LogP contribution in [-0.4, -0.2) is 33.6 Å². The number of aromatic nitrogens is 3. The van der Waals surface area contributed by atoms with Gasteiger partial charge < -0.3 is 9.88 Å². The Morgan fingerprint density at radius 3 is 3.00 bits per heavy atom. The molecule has 1 unspecified atom stereocenters. The average molecular weight is 186 g/mol. The minimum absolute atomic E-state index is 0.506. The van der Waals surface area contributed by atoms with E-state index in [1.165, 1.54) is 0 Å². The van der Waals surface area contributed by atoms with Crippen LogP contribution in [0, 0.1) is 0 Å².